The lowest BCUT2D eigenvalue weighted by molar-refractivity contribution is -0.137. The number of carbonyl (C=O) groups excluding carboxylic acids is 6. The van der Waals surface area contributed by atoms with Crippen LogP contribution in [0.3, 0.4) is 0 Å². The van der Waals surface area contributed by atoms with Gasteiger partial charge >= 0.3 is 5.97 Å². The van der Waals surface area contributed by atoms with E-state index in [9.17, 15) is 28.8 Å². The van der Waals surface area contributed by atoms with Crippen molar-refractivity contribution in [2.24, 2.45) is 0 Å². The number of hydrazine groups is 2. The Morgan fingerprint density at radius 1 is 0.903 bits per heavy atom. The summed E-state index contributed by atoms with van der Waals surface area (Å²) in [6.45, 7) is 12.8. The highest BCUT2D eigenvalue weighted by Gasteiger charge is 2.36. The Balaban J connectivity index is 0.574. The summed E-state index contributed by atoms with van der Waals surface area (Å²) in [5, 5.41) is 11.3. The topological polar surface area (TPSA) is 260 Å². The number of anilines is 2. The number of nitrogens with one attached hydrogen (secondary N) is 5. The molecule has 93 heavy (non-hydrogen) atoms. The van der Waals surface area contributed by atoms with E-state index in [-0.39, 0.29) is 80.6 Å². The number of methoxy groups -OCH3 is 1. The van der Waals surface area contributed by atoms with Gasteiger partial charge in [-0.2, -0.15) is 0 Å². The van der Waals surface area contributed by atoms with E-state index in [4.69, 9.17) is 33.4 Å². The molecule has 1 atom stereocenters. The van der Waals surface area contributed by atoms with Crippen molar-refractivity contribution >= 4 is 78.7 Å². The van der Waals surface area contributed by atoms with Crippen molar-refractivity contribution in [1.82, 2.24) is 51.3 Å². The summed E-state index contributed by atoms with van der Waals surface area (Å²) in [6.07, 6.45) is 8.84. The smallest absolute Gasteiger partial charge is 0.360 e. The molecule has 1 unspecified atom stereocenters. The molecule has 0 saturated carbocycles. The number of imide groups is 1. The average molecular weight is 1310 g/mol. The molecule has 0 radical (unpaired) electrons. The number of nitrogens with zero attached hydrogens (tertiary/aromatic N) is 7. The van der Waals surface area contributed by atoms with Gasteiger partial charge in [-0.05, 0) is 104 Å². The highest BCUT2D eigenvalue weighted by molar-refractivity contribution is 7.22. The minimum absolute atomic E-state index is 0.0913. The van der Waals surface area contributed by atoms with E-state index >= 15 is 4.39 Å². The molecule has 3 aromatic carbocycles. The van der Waals surface area contributed by atoms with Gasteiger partial charge in [0.25, 0.3) is 5.91 Å². The van der Waals surface area contributed by atoms with Crippen LogP contribution in [0.4, 0.5) is 14.7 Å². The van der Waals surface area contributed by atoms with Gasteiger partial charge in [0.15, 0.2) is 34.3 Å². The van der Waals surface area contributed by atoms with Crippen molar-refractivity contribution in [3.63, 3.8) is 0 Å². The van der Waals surface area contributed by atoms with Crippen LogP contribution in [0.5, 0.6) is 5.75 Å². The van der Waals surface area contributed by atoms with Gasteiger partial charge in [-0.3, -0.25) is 49.4 Å². The van der Waals surface area contributed by atoms with E-state index in [2.05, 4.69) is 60.1 Å². The van der Waals surface area contributed by atoms with Crippen molar-refractivity contribution in [1.29, 1.82) is 0 Å². The molecule has 3 saturated heterocycles. The van der Waals surface area contributed by atoms with Gasteiger partial charge in [0.05, 0.1) is 68.1 Å². The van der Waals surface area contributed by atoms with Crippen LogP contribution < -0.4 is 36.5 Å². The Hall–Kier alpha value is -8.43. The molecule has 7 heterocycles. The monoisotopic (exact) mass is 1310 g/mol. The van der Waals surface area contributed by atoms with Crippen LogP contribution in [0.2, 0.25) is 0 Å². The second-order valence-corrected chi connectivity index (χ2v) is 24.6. The van der Waals surface area contributed by atoms with Crippen molar-refractivity contribution in [2.45, 2.75) is 64.5 Å². The SMILES string of the molecule is C=C1CN(C2CCC(=O)NC2=O)C/C1=C(/C=C\C)NC(=O)COCCOCCOCC1=CN(CCCC(=O)N2CCN(CC#Cc3ccc(OCCCc4sc(N5CCc6cccc(C(=O)Nc7nc8ccccc8s7)c6C5)nc4C(=O)OCOC)c(F)c3)CC2)NN1. The van der Waals surface area contributed by atoms with Gasteiger partial charge in [0.1, 0.15) is 6.61 Å². The highest BCUT2D eigenvalue weighted by atomic mass is 32.1. The zero-order valence-corrected chi connectivity index (χ0v) is 53.8. The lowest BCUT2D eigenvalue weighted by Gasteiger charge is -2.33. The fourth-order valence-corrected chi connectivity index (χ4v) is 13.2. The van der Waals surface area contributed by atoms with E-state index in [1.54, 1.807) is 18.2 Å². The van der Waals surface area contributed by atoms with Gasteiger partial charge in [-0.25, -0.2) is 19.2 Å². The minimum atomic E-state index is -0.616. The number of likely N-dealkylation sites (tertiary alicyclic amines) is 1. The molecule has 5 amide bonds. The molecular formula is C66H77FN12O12S2. The molecule has 5 aromatic rings. The van der Waals surface area contributed by atoms with E-state index in [1.807, 2.05) is 76.5 Å². The first kappa shape index (κ1) is 67.5. The molecule has 5 aliphatic heterocycles. The third-order valence-corrected chi connectivity index (χ3v) is 18.1. The van der Waals surface area contributed by atoms with Crippen LogP contribution in [-0.4, -0.2) is 190 Å². The summed E-state index contributed by atoms with van der Waals surface area (Å²) >= 11 is 2.79. The third kappa shape index (κ3) is 18.7. The maximum absolute atomic E-state index is 15.4. The number of rotatable bonds is 29. The van der Waals surface area contributed by atoms with Gasteiger partial charge in [0, 0.05) is 107 Å². The number of esters is 1. The zero-order valence-electron chi connectivity index (χ0n) is 52.2. The Morgan fingerprint density at radius 2 is 1.73 bits per heavy atom. The molecule has 5 aliphatic rings. The van der Waals surface area contributed by atoms with Crippen molar-refractivity contribution < 1.29 is 61.6 Å². The predicted octanol–water partition coefficient (Wildman–Crippen LogP) is 5.59. The first-order chi connectivity index (χ1) is 45.3. The number of benzene rings is 3. The maximum Gasteiger partial charge on any atom is 0.360 e. The number of aryl methyl sites for hydroxylation is 1. The molecule has 10 rings (SSSR count). The Kier molecular flexibility index (Phi) is 24.2. The number of piperazine rings is 1. The van der Waals surface area contributed by atoms with Crippen molar-refractivity contribution in [3.8, 4) is 17.6 Å². The molecule has 0 spiro atoms. The normalized spacial score (nSPS) is 17.5. The first-order valence-corrected chi connectivity index (χ1v) is 32.7. The standard InChI is InChI=1S/C66H77FN12O12S2/c1-4-11-52(49-39-78(37-44(49)2)54-20-22-58(80)70-63(54)84)68-59(81)42-89-35-33-87-32-34-88-41-47-38-79(74-73-47)25-9-18-60(82)76-29-27-75(28-30-76)24-8-12-45-19-21-55(51(67)36-45)90-31-10-17-57-61(64(85)91-43-86-3)71-66(93-57)77-26-23-46-13-7-14-48(50(46)40-77)62(83)72-65-69-53-15-5-6-16-56(53)92-65/h4-7,11,13-16,19,21,36,38,54,73-74H,2,9-10,17-18,20,22-35,37,39-43H2,1,3H3,(H,68,81)(H,69,72,83)(H,70,80,84)/b11-4-,52-49+. The highest BCUT2D eigenvalue weighted by Crippen LogP contribution is 2.35. The van der Waals surface area contributed by atoms with E-state index in [1.165, 1.54) is 35.8 Å². The molecule has 492 valence electrons. The summed E-state index contributed by atoms with van der Waals surface area (Å²) in [6, 6.07) is 17.7. The number of hydrogen-bond donors (Lipinski definition) is 5. The quantitative estimate of drug-likeness (QED) is 0.0128. The lowest BCUT2D eigenvalue weighted by Crippen LogP contribution is -2.51. The number of ether oxygens (including phenoxy) is 6. The van der Waals surface area contributed by atoms with E-state index in [0.717, 1.165) is 38.2 Å². The number of carbonyl (C=O) groups is 6. The minimum Gasteiger partial charge on any atom is -0.491 e. The Labute approximate surface area is 547 Å². The maximum atomic E-state index is 15.4. The molecule has 0 aliphatic carbocycles. The average Bonchev–Trinajstić information content (AvgIpc) is 1.81. The summed E-state index contributed by atoms with van der Waals surface area (Å²) in [4.78, 5) is 95.0. The van der Waals surface area contributed by atoms with E-state index < -0.39 is 17.8 Å². The van der Waals surface area contributed by atoms with Gasteiger partial charge in [-0.1, -0.05) is 60.1 Å². The van der Waals surface area contributed by atoms with Gasteiger partial charge in [0.2, 0.25) is 23.6 Å². The number of hydrogen-bond acceptors (Lipinski definition) is 22. The fourth-order valence-electron chi connectivity index (χ4n) is 11.2. The predicted molar refractivity (Wildman–Crippen MR) is 348 cm³/mol. The number of fused-ring (bicyclic) bond motifs is 2. The molecule has 24 nitrogen and oxygen atoms in total. The second kappa shape index (κ2) is 33.4. The molecule has 0 bridgehead atoms. The number of halogens is 1. The summed E-state index contributed by atoms with van der Waals surface area (Å²) < 4.78 is 49.5. The van der Waals surface area contributed by atoms with Crippen LogP contribution in [0.15, 0.2) is 108 Å². The molecular weight excluding hydrogens is 1240 g/mol. The summed E-state index contributed by atoms with van der Waals surface area (Å²) in [5.41, 5.74) is 13.2. The first-order valence-electron chi connectivity index (χ1n) is 31.0. The summed E-state index contributed by atoms with van der Waals surface area (Å²) in [7, 11) is 1.43. The number of allylic oxidation sites excluding steroid dienone is 2. The summed E-state index contributed by atoms with van der Waals surface area (Å²) in [5.74, 6) is 4.10. The van der Waals surface area contributed by atoms with E-state index in [0.29, 0.717) is 156 Å². The molecule has 3 fully saturated rings. The number of para-hydroxylation sites is 1. The zero-order chi connectivity index (χ0) is 65.1. The number of amides is 5. The van der Waals surface area contributed by atoms with Crippen molar-refractivity contribution in [3.05, 3.63) is 147 Å². The molecule has 5 N–H and O–H groups in total. The fraction of sp³-hybridized carbons (Fsp3) is 0.424. The lowest BCUT2D eigenvalue weighted by atomic mass is 9.94. The molecule has 2 aromatic heterocycles. The van der Waals surface area contributed by atoms with Crippen LogP contribution in [-0.2, 0) is 62.2 Å². The molecule has 27 heteroatoms. The number of thiazole rings is 2. The number of piperidine rings is 1. The Morgan fingerprint density at radius 3 is 2.54 bits per heavy atom. The van der Waals surface area contributed by atoms with Crippen LogP contribution in [0.25, 0.3) is 10.2 Å². The number of aromatic nitrogens is 2. The van der Waals surface area contributed by atoms with Crippen LogP contribution in [0.1, 0.15) is 81.4 Å². The van der Waals surface area contributed by atoms with Crippen LogP contribution >= 0.6 is 22.7 Å². The van der Waals surface area contributed by atoms with Gasteiger partial charge in [-0.15, -0.1) is 16.9 Å². The Bertz CT molecular complexity index is 3670. The second-order valence-electron chi connectivity index (χ2n) is 22.5. The van der Waals surface area contributed by atoms with Crippen molar-refractivity contribution in [2.75, 3.05) is 129 Å². The third-order valence-electron chi connectivity index (χ3n) is 15.9. The van der Waals surface area contributed by atoms with Gasteiger partial charge < -0.3 is 49.0 Å². The van der Waals surface area contributed by atoms with Crippen LogP contribution in [0, 0.1) is 17.7 Å². The largest absolute Gasteiger partial charge is 0.491 e.